The average molecular weight is 306 g/mol. The smallest absolute Gasteiger partial charge is 0.407 e. The SMILES string of the molecule is CC(C)(C)OC(=O)NCCN1CCN(C(=O)CCl)CC1. The molecule has 2 amide bonds. The summed E-state index contributed by atoms with van der Waals surface area (Å²) in [4.78, 5) is 26.8. The van der Waals surface area contributed by atoms with Gasteiger partial charge < -0.3 is 15.0 Å². The van der Waals surface area contributed by atoms with Crippen LogP contribution in [0.15, 0.2) is 0 Å². The van der Waals surface area contributed by atoms with E-state index < -0.39 is 11.7 Å². The minimum Gasteiger partial charge on any atom is -0.444 e. The lowest BCUT2D eigenvalue weighted by Crippen LogP contribution is -2.50. The molecule has 0 aromatic carbocycles. The molecule has 20 heavy (non-hydrogen) atoms. The molecule has 0 bridgehead atoms. The molecule has 1 aliphatic heterocycles. The van der Waals surface area contributed by atoms with Crippen molar-refractivity contribution in [2.75, 3.05) is 45.1 Å². The van der Waals surface area contributed by atoms with E-state index in [-0.39, 0.29) is 11.8 Å². The molecule has 1 saturated heterocycles. The van der Waals surface area contributed by atoms with Crippen molar-refractivity contribution < 1.29 is 14.3 Å². The molecule has 1 N–H and O–H groups in total. The highest BCUT2D eigenvalue weighted by molar-refractivity contribution is 6.27. The zero-order valence-corrected chi connectivity index (χ0v) is 13.2. The Labute approximate surface area is 125 Å². The van der Waals surface area contributed by atoms with Crippen LogP contribution >= 0.6 is 11.6 Å². The quantitative estimate of drug-likeness (QED) is 0.784. The van der Waals surface area contributed by atoms with Crippen molar-refractivity contribution in [3.05, 3.63) is 0 Å². The summed E-state index contributed by atoms with van der Waals surface area (Å²) in [5, 5.41) is 2.73. The summed E-state index contributed by atoms with van der Waals surface area (Å²) in [6.07, 6.45) is -0.395. The Morgan fingerprint density at radius 3 is 2.30 bits per heavy atom. The predicted octanol–water partition coefficient (Wildman–Crippen LogP) is 0.894. The minimum absolute atomic E-state index is 0.0156. The lowest BCUT2D eigenvalue weighted by Gasteiger charge is -2.34. The molecule has 0 radical (unpaired) electrons. The lowest BCUT2D eigenvalue weighted by molar-refractivity contribution is -0.130. The third-order valence-corrected chi connectivity index (χ3v) is 3.16. The maximum absolute atomic E-state index is 11.5. The molecule has 1 fully saturated rings. The van der Waals surface area contributed by atoms with E-state index in [1.165, 1.54) is 0 Å². The van der Waals surface area contributed by atoms with E-state index >= 15 is 0 Å². The van der Waals surface area contributed by atoms with E-state index in [4.69, 9.17) is 16.3 Å². The zero-order valence-electron chi connectivity index (χ0n) is 12.4. The first-order valence-corrected chi connectivity index (χ1v) is 7.38. The maximum Gasteiger partial charge on any atom is 0.407 e. The van der Waals surface area contributed by atoms with Crippen molar-refractivity contribution in [2.24, 2.45) is 0 Å². The number of rotatable bonds is 4. The third-order valence-electron chi connectivity index (χ3n) is 2.94. The Morgan fingerprint density at radius 2 is 1.80 bits per heavy atom. The second-order valence-electron chi connectivity index (χ2n) is 5.78. The second kappa shape index (κ2) is 7.69. The summed E-state index contributed by atoms with van der Waals surface area (Å²) in [6, 6.07) is 0. The van der Waals surface area contributed by atoms with Gasteiger partial charge in [-0.1, -0.05) is 0 Å². The van der Waals surface area contributed by atoms with Gasteiger partial charge in [0.25, 0.3) is 0 Å². The molecule has 116 valence electrons. The number of carbonyl (C=O) groups excluding carboxylic acids is 2. The number of amides is 2. The fraction of sp³-hybridized carbons (Fsp3) is 0.846. The van der Waals surface area contributed by atoms with Crippen LogP contribution < -0.4 is 5.32 Å². The van der Waals surface area contributed by atoms with Crippen LogP contribution in [0.5, 0.6) is 0 Å². The Morgan fingerprint density at radius 1 is 1.20 bits per heavy atom. The van der Waals surface area contributed by atoms with Crippen LogP contribution in [-0.2, 0) is 9.53 Å². The Kier molecular flexibility index (Phi) is 6.55. The average Bonchev–Trinajstić information content (AvgIpc) is 2.36. The number of alkyl halides is 1. The number of piperazine rings is 1. The summed E-state index contributed by atoms with van der Waals surface area (Å²) in [6.45, 7) is 9.78. The Bertz CT molecular complexity index is 336. The highest BCUT2D eigenvalue weighted by Crippen LogP contribution is 2.06. The van der Waals surface area contributed by atoms with E-state index in [0.717, 1.165) is 19.6 Å². The van der Waals surface area contributed by atoms with Crippen LogP contribution in [0.2, 0.25) is 0 Å². The van der Waals surface area contributed by atoms with Crippen LogP contribution in [0.1, 0.15) is 20.8 Å². The molecule has 1 heterocycles. The van der Waals surface area contributed by atoms with Crippen molar-refractivity contribution in [2.45, 2.75) is 26.4 Å². The van der Waals surface area contributed by atoms with Gasteiger partial charge in [-0.05, 0) is 20.8 Å². The van der Waals surface area contributed by atoms with Gasteiger partial charge in [0, 0.05) is 39.3 Å². The molecule has 0 aromatic rings. The minimum atomic E-state index is -0.475. The molecule has 0 aromatic heterocycles. The zero-order chi connectivity index (χ0) is 15.2. The van der Waals surface area contributed by atoms with Crippen molar-refractivity contribution in [3.63, 3.8) is 0 Å². The number of nitrogens with one attached hydrogen (secondary N) is 1. The van der Waals surface area contributed by atoms with E-state index in [2.05, 4.69) is 10.2 Å². The van der Waals surface area contributed by atoms with E-state index in [0.29, 0.717) is 19.6 Å². The molecule has 6 nitrogen and oxygen atoms in total. The van der Waals surface area contributed by atoms with Crippen molar-refractivity contribution >= 4 is 23.6 Å². The highest BCUT2D eigenvalue weighted by Gasteiger charge is 2.20. The maximum atomic E-state index is 11.5. The van der Waals surface area contributed by atoms with Crippen LogP contribution in [0.4, 0.5) is 4.79 Å². The highest BCUT2D eigenvalue weighted by atomic mass is 35.5. The number of ether oxygens (including phenoxy) is 1. The van der Waals surface area contributed by atoms with Gasteiger partial charge in [0.15, 0.2) is 0 Å². The molecule has 0 spiro atoms. The first-order chi connectivity index (χ1) is 9.31. The van der Waals surface area contributed by atoms with Crippen molar-refractivity contribution in [1.82, 2.24) is 15.1 Å². The number of hydrogen-bond donors (Lipinski definition) is 1. The standard InChI is InChI=1S/C13H24ClN3O3/c1-13(2,3)20-12(19)15-4-5-16-6-8-17(9-7-16)11(18)10-14/h4-10H2,1-3H3,(H,15,19). The van der Waals surface area contributed by atoms with Crippen molar-refractivity contribution in [1.29, 1.82) is 0 Å². The molecule has 0 atom stereocenters. The molecule has 0 saturated carbocycles. The number of hydrogen-bond acceptors (Lipinski definition) is 4. The molecular formula is C13H24ClN3O3. The lowest BCUT2D eigenvalue weighted by atomic mass is 10.2. The van der Waals surface area contributed by atoms with E-state index in [1.54, 1.807) is 4.90 Å². The van der Waals surface area contributed by atoms with Crippen molar-refractivity contribution in [3.8, 4) is 0 Å². The second-order valence-corrected chi connectivity index (χ2v) is 6.05. The molecule has 1 aliphatic rings. The third kappa shape index (κ3) is 6.43. The van der Waals surface area contributed by atoms with E-state index in [9.17, 15) is 9.59 Å². The molecule has 0 aliphatic carbocycles. The predicted molar refractivity (Wildman–Crippen MR) is 78.0 cm³/mol. The monoisotopic (exact) mass is 305 g/mol. The normalized spacial score (nSPS) is 16.9. The fourth-order valence-electron chi connectivity index (χ4n) is 1.94. The number of alkyl carbamates (subject to hydrolysis) is 1. The van der Waals surface area contributed by atoms with Crippen LogP contribution in [-0.4, -0.2) is 72.5 Å². The first-order valence-electron chi connectivity index (χ1n) is 6.85. The van der Waals surface area contributed by atoms with Gasteiger partial charge in [-0.3, -0.25) is 9.69 Å². The van der Waals surface area contributed by atoms with Gasteiger partial charge in [0.1, 0.15) is 11.5 Å². The van der Waals surface area contributed by atoms with Gasteiger partial charge in [-0.15, -0.1) is 11.6 Å². The molecule has 1 rings (SSSR count). The first kappa shape index (κ1) is 17.0. The molecular weight excluding hydrogens is 282 g/mol. The largest absolute Gasteiger partial charge is 0.444 e. The fourth-order valence-corrected chi connectivity index (χ4v) is 2.10. The number of carbonyl (C=O) groups is 2. The summed E-state index contributed by atoms with van der Waals surface area (Å²) in [5.41, 5.74) is -0.475. The molecule has 7 heteroatoms. The number of halogens is 1. The summed E-state index contributed by atoms with van der Waals surface area (Å²) in [7, 11) is 0. The Balaban J connectivity index is 2.16. The van der Waals surface area contributed by atoms with Gasteiger partial charge in [-0.2, -0.15) is 0 Å². The van der Waals surface area contributed by atoms with Crippen LogP contribution in [0.3, 0.4) is 0 Å². The molecule has 0 unspecified atom stereocenters. The van der Waals surface area contributed by atoms with Crippen LogP contribution in [0.25, 0.3) is 0 Å². The van der Waals surface area contributed by atoms with Gasteiger partial charge in [0.05, 0.1) is 0 Å². The Hall–Kier alpha value is -1.01. The summed E-state index contributed by atoms with van der Waals surface area (Å²) < 4.78 is 5.15. The summed E-state index contributed by atoms with van der Waals surface area (Å²) in [5.74, 6) is 0.0263. The van der Waals surface area contributed by atoms with Gasteiger partial charge >= 0.3 is 6.09 Å². The van der Waals surface area contributed by atoms with Crippen LogP contribution in [0, 0.1) is 0 Å². The van der Waals surface area contributed by atoms with Gasteiger partial charge in [0.2, 0.25) is 5.91 Å². The van der Waals surface area contributed by atoms with Gasteiger partial charge in [-0.25, -0.2) is 4.79 Å². The summed E-state index contributed by atoms with van der Waals surface area (Å²) >= 11 is 5.53. The van der Waals surface area contributed by atoms with E-state index in [1.807, 2.05) is 20.8 Å². The topological polar surface area (TPSA) is 61.9 Å². The number of nitrogens with zero attached hydrogens (tertiary/aromatic N) is 2.